The van der Waals surface area contributed by atoms with Crippen LogP contribution in [0.15, 0.2) is 55.4 Å². The third-order valence-corrected chi connectivity index (χ3v) is 4.63. The molecule has 29 heavy (non-hydrogen) atoms. The van der Waals surface area contributed by atoms with E-state index in [9.17, 15) is 0 Å². The highest BCUT2D eigenvalue weighted by Gasteiger charge is 2.02. The molecule has 4 heteroatoms. The van der Waals surface area contributed by atoms with E-state index in [0.29, 0.717) is 12.7 Å². The number of aromatic nitrogens is 2. The van der Waals surface area contributed by atoms with E-state index in [0.717, 1.165) is 48.6 Å². The fourth-order valence-corrected chi connectivity index (χ4v) is 2.90. The van der Waals surface area contributed by atoms with Gasteiger partial charge in [0.1, 0.15) is 12.4 Å². The first-order valence-electron chi connectivity index (χ1n) is 10.7. The Morgan fingerprint density at radius 1 is 1.03 bits per heavy atom. The Hall–Kier alpha value is -2.46. The van der Waals surface area contributed by atoms with Crippen molar-refractivity contribution in [2.24, 2.45) is 0 Å². The summed E-state index contributed by atoms with van der Waals surface area (Å²) < 4.78 is 11.3. The van der Waals surface area contributed by atoms with E-state index >= 15 is 0 Å². The molecule has 1 aromatic heterocycles. The molecule has 0 aliphatic rings. The average Bonchev–Trinajstić information content (AvgIpc) is 2.76. The second-order valence-electron chi connectivity index (χ2n) is 7.18. The summed E-state index contributed by atoms with van der Waals surface area (Å²) in [6, 6.07) is 7.92. The summed E-state index contributed by atoms with van der Waals surface area (Å²) in [5.41, 5.74) is 2.06. The molecule has 0 bridgehead atoms. The number of rotatable bonds is 14. The molecule has 4 nitrogen and oxygen atoms in total. The lowest BCUT2D eigenvalue weighted by molar-refractivity contribution is 0.0566. The molecular weight excluding hydrogens is 360 g/mol. The van der Waals surface area contributed by atoms with E-state index in [1.165, 1.54) is 19.3 Å². The van der Waals surface area contributed by atoms with E-state index in [1.54, 1.807) is 6.08 Å². The molecule has 2 aromatic rings. The summed E-state index contributed by atoms with van der Waals surface area (Å²) in [6.07, 6.45) is 16.8. The molecule has 0 aliphatic carbocycles. The second-order valence-corrected chi connectivity index (χ2v) is 7.18. The number of ether oxygens (including phenoxy) is 2. The molecule has 0 saturated heterocycles. The summed E-state index contributed by atoms with van der Waals surface area (Å²) in [7, 11) is 0. The van der Waals surface area contributed by atoms with Gasteiger partial charge in [0.25, 0.3) is 0 Å². The van der Waals surface area contributed by atoms with Crippen LogP contribution in [0.1, 0.15) is 58.2 Å². The van der Waals surface area contributed by atoms with Crippen molar-refractivity contribution < 1.29 is 9.47 Å². The van der Waals surface area contributed by atoms with Crippen LogP contribution in [0.2, 0.25) is 0 Å². The van der Waals surface area contributed by atoms with Crippen molar-refractivity contribution in [2.75, 3.05) is 13.2 Å². The SMILES string of the molecule is C=CCOc1ccc(-c2cnc(C=CCCCC(C)OCCCCC)nc2)cc1. The lowest BCUT2D eigenvalue weighted by atomic mass is 10.1. The predicted octanol–water partition coefficient (Wildman–Crippen LogP) is 6.49. The van der Waals surface area contributed by atoms with Crippen molar-refractivity contribution in [3.63, 3.8) is 0 Å². The Balaban J connectivity index is 1.72. The minimum Gasteiger partial charge on any atom is -0.490 e. The number of hydrogen-bond acceptors (Lipinski definition) is 4. The molecule has 0 spiro atoms. The van der Waals surface area contributed by atoms with Crippen molar-refractivity contribution in [2.45, 2.75) is 58.5 Å². The van der Waals surface area contributed by atoms with Crippen LogP contribution >= 0.6 is 0 Å². The molecule has 1 aromatic carbocycles. The van der Waals surface area contributed by atoms with Crippen molar-refractivity contribution in [1.82, 2.24) is 9.97 Å². The molecule has 0 amide bonds. The number of unbranched alkanes of at least 4 members (excludes halogenated alkanes) is 3. The highest BCUT2D eigenvalue weighted by Crippen LogP contribution is 2.21. The predicted molar refractivity (Wildman–Crippen MR) is 121 cm³/mol. The highest BCUT2D eigenvalue weighted by atomic mass is 16.5. The Morgan fingerprint density at radius 3 is 2.48 bits per heavy atom. The van der Waals surface area contributed by atoms with E-state index < -0.39 is 0 Å². The fourth-order valence-electron chi connectivity index (χ4n) is 2.90. The molecule has 1 unspecified atom stereocenters. The van der Waals surface area contributed by atoms with Gasteiger partial charge in [0.05, 0.1) is 6.10 Å². The van der Waals surface area contributed by atoms with Gasteiger partial charge in [-0.05, 0) is 56.4 Å². The highest BCUT2D eigenvalue weighted by molar-refractivity contribution is 5.62. The van der Waals surface area contributed by atoms with E-state index in [1.807, 2.05) is 42.7 Å². The quantitative estimate of drug-likeness (QED) is 0.271. The molecular formula is C25H34N2O2. The maximum absolute atomic E-state index is 5.83. The maximum Gasteiger partial charge on any atom is 0.151 e. The van der Waals surface area contributed by atoms with Crippen LogP contribution in [0.5, 0.6) is 5.75 Å². The molecule has 1 atom stereocenters. The van der Waals surface area contributed by atoms with Gasteiger partial charge in [-0.1, -0.05) is 50.6 Å². The summed E-state index contributed by atoms with van der Waals surface area (Å²) in [6.45, 7) is 9.42. The second kappa shape index (κ2) is 13.7. The van der Waals surface area contributed by atoms with Crippen molar-refractivity contribution >= 4 is 6.08 Å². The summed E-state index contributed by atoms with van der Waals surface area (Å²) in [4.78, 5) is 8.90. The van der Waals surface area contributed by atoms with Crippen LogP contribution in [0.3, 0.4) is 0 Å². The van der Waals surface area contributed by atoms with Crippen LogP contribution in [-0.2, 0) is 4.74 Å². The average molecular weight is 395 g/mol. The first-order chi connectivity index (χ1) is 14.2. The third kappa shape index (κ3) is 9.05. The maximum atomic E-state index is 5.83. The normalized spacial score (nSPS) is 12.2. The Bertz CT molecular complexity index is 723. The van der Waals surface area contributed by atoms with Crippen molar-refractivity contribution in [3.8, 4) is 16.9 Å². The van der Waals surface area contributed by atoms with Gasteiger partial charge in [0.15, 0.2) is 5.82 Å². The zero-order chi connectivity index (χ0) is 20.7. The van der Waals surface area contributed by atoms with Gasteiger partial charge < -0.3 is 9.47 Å². The standard InChI is InChI=1S/C25H34N2O2/c1-4-6-10-18-28-21(3)11-8-7-9-12-25-26-19-23(20-27-25)22-13-15-24(16-14-22)29-17-5-2/h5,9,12-16,19-21H,2,4,6-8,10-11,17-18H2,1,3H3. The van der Waals surface area contributed by atoms with Gasteiger partial charge in [-0.3, -0.25) is 0 Å². The first-order valence-corrected chi connectivity index (χ1v) is 10.7. The van der Waals surface area contributed by atoms with Gasteiger partial charge in [0.2, 0.25) is 0 Å². The molecule has 0 radical (unpaired) electrons. The van der Waals surface area contributed by atoms with Crippen LogP contribution < -0.4 is 4.74 Å². The Labute approximate surface area is 175 Å². The number of hydrogen-bond donors (Lipinski definition) is 0. The molecule has 0 aliphatic heterocycles. The third-order valence-electron chi connectivity index (χ3n) is 4.63. The van der Waals surface area contributed by atoms with Gasteiger partial charge in [-0.2, -0.15) is 0 Å². The Morgan fingerprint density at radius 2 is 1.79 bits per heavy atom. The minimum absolute atomic E-state index is 0.337. The van der Waals surface area contributed by atoms with Crippen LogP contribution in [0, 0.1) is 0 Å². The van der Waals surface area contributed by atoms with Crippen LogP contribution in [0.25, 0.3) is 17.2 Å². The molecule has 0 saturated carbocycles. The molecule has 0 fully saturated rings. The number of nitrogens with zero attached hydrogens (tertiary/aromatic N) is 2. The van der Waals surface area contributed by atoms with Gasteiger partial charge in [-0.15, -0.1) is 0 Å². The van der Waals surface area contributed by atoms with Gasteiger partial charge in [-0.25, -0.2) is 9.97 Å². The van der Waals surface area contributed by atoms with Crippen molar-refractivity contribution in [1.29, 1.82) is 0 Å². The van der Waals surface area contributed by atoms with Crippen molar-refractivity contribution in [3.05, 3.63) is 61.2 Å². The number of allylic oxidation sites excluding steroid dienone is 1. The summed E-state index contributed by atoms with van der Waals surface area (Å²) >= 11 is 0. The minimum atomic E-state index is 0.337. The first kappa shape index (κ1) is 22.8. The van der Waals surface area contributed by atoms with E-state index in [4.69, 9.17) is 9.47 Å². The zero-order valence-electron chi connectivity index (χ0n) is 17.8. The molecule has 2 rings (SSSR count). The van der Waals surface area contributed by atoms with Gasteiger partial charge >= 0.3 is 0 Å². The summed E-state index contributed by atoms with van der Waals surface area (Å²) in [5, 5.41) is 0. The lowest BCUT2D eigenvalue weighted by Gasteiger charge is -2.11. The van der Waals surface area contributed by atoms with Gasteiger partial charge in [0, 0.05) is 24.6 Å². The number of benzene rings is 1. The smallest absolute Gasteiger partial charge is 0.151 e. The Kier molecular flexibility index (Phi) is 10.8. The molecule has 1 heterocycles. The summed E-state index contributed by atoms with van der Waals surface area (Å²) in [5.74, 6) is 1.57. The van der Waals surface area contributed by atoms with Crippen LogP contribution in [0.4, 0.5) is 0 Å². The van der Waals surface area contributed by atoms with E-state index in [2.05, 4.69) is 36.5 Å². The van der Waals surface area contributed by atoms with E-state index in [-0.39, 0.29) is 0 Å². The van der Waals surface area contributed by atoms with Crippen LogP contribution in [-0.4, -0.2) is 29.3 Å². The monoisotopic (exact) mass is 394 g/mol. The lowest BCUT2D eigenvalue weighted by Crippen LogP contribution is -2.08. The largest absolute Gasteiger partial charge is 0.490 e. The zero-order valence-corrected chi connectivity index (χ0v) is 17.8. The molecule has 0 N–H and O–H groups in total. The molecule has 156 valence electrons. The fraction of sp³-hybridized carbons (Fsp3) is 0.440. The topological polar surface area (TPSA) is 44.2 Å².